The topological polar surface area (TPSA) is 27.7 Å². The molecule has 3 rings (SSSR count). The molecular weight excluding hydrogens is 250 g/mol. The number of hydrogen-bond donors (Lipinski definition) is 1. The second-order valence-electron chi connectivity index (χ2n) is 5.96. The van der Waals surface area contributed by atoms with Crippen LogP contribution in [0.4, 0.5) is 5.69 Å². The highest BCUT2D eigenvalue weighted by Crippen LogP contribution is 2.26. The van der Waals surface area contributed by atoms with Crippen LogP contribution in [0.1, 0.15) is 11.1 Å². The quantitative estimate of drug-likeness (QED) is 0.894. The number of anilines is 1. The molecule has 0 radical (unpaired) electrons. The molecule has 1 N–H and O–H groups in total. The van der Waals surface area contributed by atoms with Crippen molar-refractivity contribution in [2.45, 2.75) is 19.5 Å². The average molecular weight is 275 g/mol. The lowest BCUT2D eigenvalue weighted by Gasteiger charge is -2.38. The fourth-order valence-electron chi connectivity index (χ4n) is 2.89. The number of nitrogens with one attached hydrogen (secondary N) is 1. The molecule has 0 saturated carbocycles. The lowest BCUT2D eigenvalue weighted by Crippen LogP contribution is -2.48. The summed E-state index contributed by atoms with van der Waals surface area (Å²) in [4.78, 5) is 4.93. The van der Waals surface area contributed by atoms with Crippen LogP contribution in [0.2, 0.25) is 0 Å². The summed E-state index contributed by atoms with van der Waals surface area (Å²) in [6, 6.07) is 7.38. The summed E-state index contributed by atoms with van der Waals surface area (Å²) in [6.45, 7) is 9.43. The van der Waals surface area contributed by atoms with Gasteiger partial charge in [0.05, 0.1) is 19.3 Å². The van der Waals surface area contributed by atoms with E-state index in [1.54, 1.807) is 0 Å². The molecule has 2 fully saturated rings. The Balaban J connectivity index is 1.77. The van der Waals surface area contributed by atoms with Gasteiger partial charge in [0.25, 0.3) is 0 Å². The lowest BCUT2D eigenvalue weighted by atomic mass is 10.1. The fourth-order valence-corrected chi connectivity index (χ4v) is 2.89. The monoisotopic (exact) mass is 275 g/mol. The van der Waals surface area contributed by atoms with E-state index in [1.807, 2.05) is 0 Å². The van der Waals surface area contributed by atoms with Crippen LogP contribution in [-0.4, -0.2) is 57.4 Å². The minimum absolute atomic E-state index is 0.540. The van der Waals surface area contributed by atoms with E-state index in [0.717, 1.165) is 45.9 Å². The molecule has 2 heterocycles. The number of benzene rings is 1. The zero-order valence-electron chi connectivity index (χ0n) is 12.6. The van der Waals surface area contributed by atoms with Crippen molar-refractivity contribution in [3.05, 3.63) is 29.3 Å². The first-order valence-corrected chi connectivity index (χ1v) is 7.57. The Kier molecular flexibility index (Phi) is 4.24. The van der Waals surface area contributed by atoms with E-state index in [2.05, 4.69) is 47.3 Å². The number of piperazine rings is 1. The maximum absolute atomic E-state index is 5.34. The zero-order chi connectivity index (χ0) is 13.9. The van der Waals surface area contributed by atoms with Gasteiger partial charge in [-0.3, -0.25) is 4.90 Å². The minimum atomic E-state index is 0.540. The van der Waals surface area contributed by atoms with Crippen molar-refractivity contribution in [2.75, 3.05) is 51.3 Å². The van der Waals surface area contributed by atoms with Crippen LogP contribution in [0.5, 0.6) is 0 Å². The van der Waals surface area contributed by atoms with Gasteiger partial charge in [-0.05, 0) is 24.1 Å². The van der Waals surface area contributed by atoms with Gasteiger partial charge in [0.1, 0.15) is 0 Å². The second kappa shape index (κ2) is 6.12. The standard InChI is InChI=1S/C16H25N3O/c1-13-3-4-14(10-19-7-5-17-6-8-19)16(9-13)18(2)15-11-20-12-15/h3-4,9,15,17H,5-8,10-12H2,1-2H3. The largest absolute Gasteiger partial charge is 0.377 e. The van der Waals surface area contributed by atoms with Crippen molar-refractivity contribution in [2.24, 2.45) is 0 Å². The number of ether oxygens (including phenoxy) is 1. The van der Waals surface area contributed by atoms with Crippen molar-refractivity contribution in [3.8, 4) is 0 Å². The molecule has 2 aliphatic rings. The molecule has 1 aromatic rings. The molecule has 2 aliphatic heterocycles. The molecule has 110 valence electrons. The van der Waals surface area contributed by atoms with Gasteiger partial charge in [-0.15, -0.1) is 0 Å². The van der Waals surface area contributed by atoms with Gasteiger partial charge in [0, 0.05) is 45.5 Å². The van der Waals surface area contributed by atoms with E-state index < -0.39 is 0 Å². The van der Waals surface area contributed by atoms with Gasteiger partial charge in [0.2, 0.25) is 0 Å². The third kappa shape index (κ3) is 2.97. The van der Waals surface area contributed by atoms with Crippen molar-refractivity contribution in [3.63, 3.8) is 0 Å². The second-order valence-corrected chi connectivity index (χ2v) is 5.96. The third-order valence-electron chi connectivity index (χ3n) is 4.39. The van der Waals surface area contributed by atoms with Crippen molar-refractivity contribution < 1.29 is 4.74 Å². The van der Waals surface area contributed by atoms with E-state index in [-0.39, 0.29) is 0 Å². The number of rotatable bonds is 4. The lowest BCUT2D eigenvalue weighted by molar-refractivity contribution is 0.0100. The SMILES string of the molecule is Cc1ccc(CN2CCNCC2)c(N(C)C2COC2)c1. The Morgan fingerprint density at radius 2 is 2.05 bits per heavy atom. The van der Waals surface area contributed by atoms with E-state index >= 15 is 0 Å². The number of likely N-dealkylation sites (N-methyl/N-ethyl adjacent to an activating group) is 1. The number of nitrogens with zero attached hydrogens (tertiary/aromatic N) is 2. The van der Waals surface area contributed by atoms with Crippen molar-refractivity contribution >= 4 is 5.69 Å². The Labute approximate surface area is 121 Å². The van der Waals surface area contributed by atoms with Gasteiger partial charge in [-0.25, -0.2) is 0 Å². The summed E-state index contributed by atoms with van der Waals surface area (Å²) < 4.78 is 5.34. The summed E-state index contributed by atoms with van der Waals surface area (Å²) in [7, 11) is 2.20. The first-order valence-electron chi connectivity index (χ1n) is 7.57. The molecule has 0 atom stereocenters. The molecule has 2 saturated heterocycles. The van der Waals surface area contributed by atoms with Crippen LogP contribution in [-0.2, 0) is 11.3 Å². The fraction of sp³-hybridized carbons (Fsp3) is 0.625. The van der Waals surface area contributed by atoms with E-state index in [4.69, 9.17) is 4.74 Å². The van der Waals surface area contributed by atoms with E-state index in [9.17, 15) is 0 Å². The Bertz CT molecular complexity index is 453. The molecular formula is C16H25N3O. The average Bonchev–Trinajstić information content (AvgIpc) is 2.40. The number of aryl methyl sites for hydroxylation is 1. The molecule has 4 nitrogen and oxygen atoms in total. The molecule has 20 heavy (non-hydrogen) atoms. The minimum Gasteiger partial charge on any atom is -0.377 e. The van der Waals surface area contributed by atoms with Crippen LogP contribution in [0, 0.1) is 6.92 Å². The maximum atomic E-state index is 5.34. The highest BCUT2D eigenvalue weighted by molar-refractivity contribution is 5.56. The normalized spacial score (nSPS) is 20.7. The smallest absolute Gasteiger partial charge is 0.0754 e. The molecule has 0 spiro atoms. The van der Waals surface area contributed by atoms with Crippen LogP contribution in [0.25, 0.3) is 0 Å². The van der Waals surface area contributed by atoms with Gasteiger partial charge in [-0.2, -0.15) is 0 Å². The van der Waals surface area contributed by atoms with Crippen LogP contribution < -0.4 is 10.2 Å². The Hall–Kier alpha value is -1.10. The van der Waals surface area contributed by atoms with Crippen LogP contribution in [0.3, 0.4) is 0 Å². The molecule has 0 aliphatic carbocycles. The summed E-state index contributed by atoms with van der Waals surface area (Å²) in [5.74, 6) is 0. The summed E-state index contributed by atoms with van der Waals surface area (Å²) in [5, 5.41) is 3.41. The van der Waals surface area contributed by atoms with E-state index in [0.29, 0.717) is 6.04 Å². The molecule has 0 bridgehead atoms. The third-order valence-corrected chi connectivity index (χ3v) is 4.39. The van der Waals surface area contributed by atoms with Gasteiger partial charge in [-0.1, -0.05) is 12.1 Å². The zero-order valence-corrected chi connectivity index (χ0v) is 12.6. The van der Waals surface area contributed by atoms with E-state index in [1.165, 1.54) is 16.8 Å². The van der Waals surface area contributed by atoms with Gasteiger partial charge in [0.15, 0.2) is 0 Å². The summed E-state index contributed by atoms with van der Waals surface area (Å²) in [6.07, 6.45) is 0. The molecule has 0 unspecified atom stereocenters. The Morgan fingerprint density at radius 1 is 1.30 bits per heavy atom. The Morgan fingerprint density at radius 3 is 2.70 bits per heavy atom. The van der Waals surface area contributed by atoms with Crippen LogP contribution >= 0.6 is 0 Å². The van der Waals surface area contributed by atoms with Crippen LogP contribution in [0.15, 0.2) is 18.2 Å². The number of hydrogen-bond acceptors (Lipinski definition) is 4. The summed E-state index contributed by atoms with van der Waals surface area (Å²) >= 11 is 0. The first-order chi connectivity index (χ1) is 9.74. The summed E-state index contributed by atoms with van der Waals surface area (Å²) in [5.41, 5.74) is 4.14. The van der Waals surface area contributed by atoms with Crippen molar-refractivity contribution in [1.29, 1.82) is 0 Å². The first kappa shape index (κ1) is 13.9. The maximum Gasteiger partial charge on any atom is 0.0754 e. The predicted octanol–water partition coefficient (Wildman–Crippen LogP) is 1.24. The molecule has 4 heteroatoms. The molecule has 0 amide bonds. The van der Waals surface area contributed by atoms with Crippen molar-refractivity contribution in [1.82, 2.24) is 10.2 Å². The molecule has 0 aromatic heterocycles. The highest BCUT2D eigenvalue weighted by atomic mass is 16.5. The van der Waals surface area contributed by atoms with Gasteiger partial charge >= 0.3 is 0 Å². The predicted molar refractivity (Wildman–Crippen MR) is 82.3 cm³/mol. The van der Waals surface area contributed by atoms with Gasteiger partial charge < -0.3 is 15.0 Å². The highest BCUT2D eigenvalue weighted by Gasteiger charge is 2.25. The molecule has 1 aromatic carbocycles.